The highest BCUT2D eigenvalue weighted by Crippen LogP contribution is 2.35. The van der Waals surface area contributed by atoms with Gasteiger partial charge in [0.15, 0.2) is 10.7 Å². The number of alkyl carbamates (subject to hydrolysis) is 1. The molecule has 1 aliphatic heterocycles. The van der Waals surface area contributed by atoms with Crippen molar-refractivity contribution >= 4 is 44.3 Å². The Balaban J connectivity index is 1.68. The van der Waals surface area contributed by atoms with Crippen molar-refractivity contribution in [2.75, 3.05) is 23.7 Å². The molecular weight excluding hydrogens is 607 g/mol. The van der Waals surface area contributed by atoms with Crippen molar-refractivity contribution in [3.05, 3.63) is 77.4 Å². The van der Waals surface area contributed by atoms with Gasteiger partial charge in [-0.05, 0) is 58.0 Å². The van der Waals surface area contributed by atoms with Gasteiger partial charge in [0.05, 0.1) is 24.2 Å². The minimum atomic E-state index is -4.83. The first-order valence-electron chi connectivity index (χ1n) is 12.9. The summed E-state index contributed by atoms with van der Waals surface area (Å²) in [6.45, 7) is 7.80. The molecule has 1 aliphatic rings. The van der Waals surface area contributed by atoms with E-state index in [0.717, 1.165) is 24.3 Å². The monoisotopic (exact) mass is 637 g/mol. The number of methoxy groups -OCH3 is 1. The van der Waals surface area contributed by atoms with Gasteiger partial charge in [-0.2, -0.15) is 0 Å². The van der Waals surface area contributed by atoms with Crippen LogP contribution in [0.15, 0.2) is 62.3 Å². The molecule has 0 bridgehead atoms. The highest BCUT2D eigenvalue weighted by molar-refractivity contribution is 7.92. The summed E-state index contributed by atoms with van der Waals surface area (Å²) in [4.78, 5) is 19.0. The molecule has 0 spiro atoms. The number of sulfonamides is 1. The summed E-state index contributed by atoms with van der Waals surface area (Å²) in [5, 5.41) is 5.64. The molecular formula is C27H30F3N7O4S2. The molecule has 1 amide bonds. The summed E-state index contributed by atoms with van der Waals surface area (Å²) >= 11 is 0. The Labute approximate surface area is 249 Å². The van der Waals surface area contributed by atoms with Crippen LogP contribution >= 0.6 is 0 Å². The van der Waals surface area contributed by atoms with E-state index >= 15 is 4.39 Å². The highest BCUT2D eigenvalue weighted by atomic mass is 32.2. The van der Waals surface area contributed by atoms with E-state index < -0.39 is 65.8 Å². The van der Waals surface area contributed by atoms with Crippen molar-refractivity contribution in [2.24, 2.45) is 8.76 Å². The molecule has 2 aromatic carbocycles. The number of hydrogen-bond donors (Lipinski definition) is 3. The fourth-order valence-electron chi connectivity index (χ4n) is 3.91. The normalized spacial score (nSPS) is 17.4. The fraction of sp³-hybridized carbons (Fsp3) is 0.333. The van der Waals surface area contributed by atoms with Gasteiger partial charge in [0.25, 0.3) is 10.0 Å². The molecule has 0 radical (unpaired) electrons. The standard InChI is InChI=1S/C27H30F3N7O4S2/c1-15(33-26(38)41-5)14-32-25-31-13-12-20(34-25)23-22(35-42(36-23)27(2,3)4)16-8-6-11-19(21(16)30)37-43(39,40)24-17(28)9-7-10-18(24)29/h6-13,15,23,37H,14H2,1-5H3,(H,33,38)(H,31,32,34)/t15-,23?,42?/m0/s1. The smallest absolute Gasteiger partial charge is 0.407 e. The number of ether oxygens (including phenoxy) is 1. The molecule has 230 valence electrons. The molecule has 16 heteroatoms. The molecule has 0 saturated carbocycles. The molecule has 1 aromatic heterocycles. The molecule has 0 aliphatic carbocycles. The van der Waals surface area contributed by atoms with E-state index in [2.05, 4.69) is 25.3 Å². The lowest BCUT2D eigenvalue weighted by Crippen LogP contribution is -2.37. The quantitative estimate of drug-likeness (QED) is 0.302. The third kappa shape index (κ3) is 7.30. The minimum absolute atomic E-state index is 0.0637. The second-order valence-corrected chi connectivity index (χ2v) is 14.2. The number of aromatic nitrogens is 2. The third-order valence-corrected chi connectivity index (χ3v) is 9.27. The number of carbonyl (C=O) groups is 1. The van der Waals surface area contributed by atoms with Crippen molar-refractivity contribution in [3.63, 3.8) is 0 Å². The van der Waals surface area contributed by atoms with Crippen LogP contribution in [0.3, 0.4) is 0 Å². The SMILES string of the molecule is COC(=O)N[C@@H](C)CNc1nccc(C2N=S(C(C)(C)C)N=C2c2cccc(NS(=O)(=O)c3c(F)cccc3F)c2F)n1. The summed E-state index contributed by atoms with van der Waals surface area (Å²) in [5.74, 6) is -3.42. The summed E-state index contributed by atoms with van der Waals surface area (Å²) in [5.41, 5.74) is -0.00495. The highest BCUT2D eigenvalue weighted by Gasteiger charge is 2.34. The zero-order valence-corrected chi connectivity index (χ0v) is 25.5. The molecule has 3 atom stereocenters. The number of amides is 1. The van der Waals surface area contributed by atoms with Gasteiger partial charge in [-0.25, -0.2) is 45.1 Å². The Bertz CT molecular complexity index is 1690. The number of anilines is 2. The van der Waals surface area contributed by atoms with Crippen LogP contribution < -0.4 is 15.4 Å². The maximum Gasteiger partial charge on any atom is 0.407 e. The number of benzene rings is 2. The van der Waals surface area contributed by atoms with Crippen LogP contribution in [0.4, 0.5) is 29.6 Å². The zero-order valence-electron chi connectivity index (χ0n) is 23.9. The molecule has 11 nitrogen and oxygen atoms in total. The van der Waals surface area contributed by atoms with Gasteiger partial charge in [-0.1, -0.05) is 12.1 Å². The number of halogens is 3. The van der Waals surface area contributed by atoms with Gasteiger partial charge in [-0.3, -0.25) is 4.72 Å². The van der Waals surface area contributed by atoms with E-state index in [1.165, 1.54) is 25.4 Å². The van der Waals surface area contributed by atoms with E-state index in [1.54, 1.807) is 13.0 Å². The Morgan fingerprint density at radius 1 is 1.09 bits per heavy atom. The minimum Gasteiger partial charge on any atom is -0.453 e. The predicted molar refractivity (Wildman–Crippen MR) is 158 cm³/mol. The van der Waals surface area contributed by atoms with Gasteiger partial charge in [0.2, 0.25) is 5.95 Å². The summed E-state index contributed by atoms with van der Waals surface area (Å²) in [6.07, 6.45) is 0.905. The molecule has 0 fully saturated rings. The zero-order chi connectivity index (χ0) is 31.5. The topological polar surface area (TPSA) is 147 Å². The fourth-order valence-corrected chi connectivity index (χ4v) is 6.54. The summed E-state index contributed by atoms with van der Waals surface area (Å²) < 4.78 is 85.9. The number of rotatable bonds is 9. The Kier molecular flexibility index (Phi) is 9.39. The molecule has 2 unspecified atom stereocenters. The number of hydrogen-bond acceptors (Lipinski definition) is 9. The van der Waals surface area contributed by atoms with Gasteiger partial charge < -0.3 is 15.4 Å². The van der Waals surface area contributed by atoms with Crippen LogP contribution in [0, 0.1) is 17.5 Å². The van der Waals surface area contributed by atoms with Crippen LogP contribution in [0.1, 0.15) is 45.0 Å². The second kappa shape index (κ2) is 12.7. The van der Waals surface area contributed by atoms with Crippen molar-refractivity contribution < 1.29 is 31.1 Å². The average Bonchev–Trinajstić information content (AvgIpc) is 3.39. The Morgan fingerprint density at radius 2 is 1.77 bits per heavy atom. The molecule has 3 N–H and O–H groups in total. The van der Waals surface area contributed by atoms with Gasteiger partial charge >= 0.3 is 6.09 Å². The van der Waals surface area contributed by atoms with Crippen molar-refractivity contribution in [2.45, 2.75) is 49.4 Å². The molecule has 4 rings (SSSR count). The van der Waals surface area contributed by atoms with Crippen LogP contribution in [0.25, 0.3) is 0 Å². The largest absolute Gasteiger partial charge is 0.453 e. The van der Waals surface area contributed by atoms with E-state index in [9.17, 15) is 22.0 Å². The average molecular weight is 638 g/mol. The molecule has 0 saturated heterocycles. The lowest BCUT2D eigenvalue weighted by molar-refractivity contribution is 0.168. The first-order chi connectivity index (χ1) is 20.2. The summed E-state index contributed by atoms with van der Waals surface area (Å²) in [7, 11) is -4.51. The summed E-state index contributed by atoms with van der Waals surface area (Å²) in [6, 6.07) is 6.98. The number of carbonyl (C=O) groups excluding carboxylic acids is 1. The second-order valence-electron chi connectivity index (χ2n) is 10.4. The Hall–Kier alpha value is -4.05. The van der Waals surface area contributed by atoms with Gasteiger partial charge in [0, 0.05) is 40.0 Å². The lowest BCUT2D eigenvalue weighted by Gasteiger charge is -2.16. The maximum atomic E-state index is 16.0. The first-order valence-corrected chi connectivity index (χ1v) is 15.5. The third-order valence-electron chi connectivity index (χ3n) is 5.98. The lowest BCUT2D eigenvalue weighted by atomic mass is 10.00. The Morgan fingerprint density at radius 3 is 2.42 bits per heavy atom. The first kappa shape index (κ1) is 31.9. The molecule has 3 aromatic rings. The molecule has 2 heterocycles. The predicted octanol–water partition coefficient (Wildman–Crippen LogP) is 4.91. The maximum absolute atomic E-state index is 16.0. The van der Waals surface area contributed by atoms with Crippen LogP contribution in [0.2, 0.25) is 0 Å². The van der Waals surface area contributed by atoms with E-state index in [4.69, 9.17) is 8.76 Å². The van der Waals surface area contributed by atoms with Crippen LogP contribution in [0.5, 0.6) is 0 Å². The molecule has 43 heavy (non-hydrogen) atoms. The van der Waals surface area contributed by atoms with E-state index in [-0.39, 0.29) is 29.8 Å². The van der Waals surface area contributed by atoms with Crippen molar-refractivity contribution in [3.8, 4) is 0 Å². The van der Waals surface area contributed by atoms with E-state index in [0.29, 0.717) is 5.69 Å². The van der Waals surface area contributed by atoms with Crippen molar-refractivity contribution in [1.82, 2.24) is 15.3 Å². The van der Waals surface area contributed by atoms with Crippen molar-refractivity contribution in [1.29, 1.82) is 0 Å². The van der Waals surface area contributed by atoms with Gasteiger partial charge in [-0.15, -0.1) is 0 Å². The number of nitrogens with one attached hydrogen (secondary N) is 3. The van der Waals surface area contributed by atoms with Crippen LogP contribution in [-0.4, -0.2) is 54.6 Å². The van der Waals surface area contributed by atoms with E-state index in [1.807, 2.05) is 25.5 Å². The van der Waals surface area contributed by atoms with Crippen LogP contribution in [-0.2, 0) is 25.6 Å². The van der Waals surface area contributed by atoms with Gasteiger partial charge in [0.1, 0.15) is 17.7 Å². The number of nitrogens with zero attached hydrogens (tertiary/aromatic N) is 4.